The Morgan fingerprint density at radius 2 is 0.408 bits per heavy atom. The largest absolute Gasteiger partial charge is 0.465 e. The van der Waals surface area contributed by atoms with Gasteiger partial charge in [-0.05, 0) is 240 Å². The third-order valence-corrected chi connectivity index (χ3v) is 22.7. The van der Waals surface area contributed by atoms with Gasteiger partial charge in [-0.3, -0.25) is 52.7 Å². The van der Waals surface area contributed by atoms with Gasteiger partial charge in [-0.15, -0.1) is 0 Å². The third kappa shape index (κ3) is 115. The number of hydrogen-bond acceptors (Lipinski definition) is 35. The lowest BCUT2D eigenvalue weighted by molar-refractivity contribution is -0.156. The van der Waals surface area contributed by atoms with Crippen LogP contribution in [0.15, 0.2) is 0 Å². The molecule has 9 atom stereocenters. The van der Waals surface area contributed by atoms with E-state index in [1.165, 1.54) is 19.3 Å². The van der Waals surface area contributed by atoms with E-state index in [9.17, 15) is 52.7 Å². The number of aliphatic hydroxyl groups is 2. The molecule has 846 valence electrons. The Morgan fingerprint density at radius 1 is 0.231 bits per heavy atom. The number of nitriles is 11. The fourth-order valence-corrected chi connectivity index (χ4v) is 6.37. The van der Waals surface area contributed by atoms with E-state index in [0.29, 0.717) is 19.1 Å². The predicted octanol–water partition coefficient (Wildman–Crippen LogP) is 24.0. The molecule has 0 aliphatic rings. The summed E-state index contributed by atoms with van der Waals surface area (Å²) in [5, 5.41) is 106. The van der Waals surface area contributed by atoms with E-state index < -0.39 is 27.1 Å². The minimum Gasteiger partial charge on any atom is -0.465 e. The van der Waals surface area contributed by atoms with Gasteiger partial charge in [0.2, 0.25) is 0 Å². The van der Waals surface area contributed by atoms with Crippen LogP contribution in [0.4, 0.5) is 0 Å². The van der Waals surface area contributed by atoms with E-state index in [1.807, 2.05) is 173 Å². The highest BCUT2D eigenvalue weighted by Crippen LogP contribution is 2.27. The Labute approximate surface area is 889 Å². The van der Waals surface area contributed by atoms with Crippen molar-refractivity contribution in [3.8, 4) is 66.8 Å². The Hall–Kier alpha value is -11.5. The summed E-state index contributed by atoms with van der Waals surface area (Å²) in [6.07, 6.45) is 19.0. The summed E-state index contributed by atoms with van der Waals surface area (Å²) in [6.45, 7) is 76.4. The molecule has 0 aromatic rings. The van der Waals surface area contributed by atoms with Crippen LogP contribution in [0, 0.1) is 216 Å². The van der Waals surface area contributed by atoms with Crippen LogP contribution >= 0.6 is 0 Å². The van der Waals surface area contributed by atoms with Gasteiger partial charge in [-0.2, -0.15) is 57.9 Å². The summed E-state index contributed by atoms with van der Waals surface area (Å²) < 4.78 is 52.1. The molecule has 35 nitrogen and oxygen atoms in total. The second kappa shape index (κ2) is 112. The van der Waals surface area contributed by atoms with Crippen LogP contribution in [0.3, 0.4) is 0 Å². The molecule has 0 radical (unpaired) electrons. The zero-order chi connectivity index (χ0) is 119. The van der Waals surface area contributed by atoms with Crippen LogP contribution in [0.1, 0.15) is 412 Å². The quantitative estimate of drug-likeness (QED) is 0.0325. The monoisotopic (exact) mass is 2080 g/mol. The normalized spacial score (nSPS) is 11.7. The van der Waals surface area contributed by atoms with E-state index >= 15 is 0 Å². The van der Waals surface area contributed by atoms with Crippen LogP contribution in [0.25, 0.3) is 0 Å². The van der Waals surface area contributed by atoms with Crippen molar-refractivity contribution in [1.29, 1.82) is 57.9 Å². The summed E-state index contributed by atoms with van der Waals surface area (Å²) in [5.74, 6) is -1.49. The molecule has 0 fully saturated rings. The smallest absolute Gasteiger partial charge is 0.312 e. The summed E-state index contributed by atoms with van der Waals surface area (Å²) in [5.41, 5.74) is -2.91. The van der Waals surface area contributed by atoms with Crippen molar-refractivity contribution in [2.24, 2.45) is 91.2 Å². The van der Waals surface area contributed by atoms with Gasteiger partial charge in [0.1, 0.15) is 55.7 Å². The van der Waals surface area contributed by atoms with Crippen LogP contribution < -0.4 is 0 Å². The van der Waals surface area contributed by atoms with E-state index in [0.717, 1.165) is 116 Å². The number of ether oxygens (including phenoxy) is 11. The van der Waals surface area contributed by atoms with Gasteiger partial charge in [0.25, 0.3) is 0 Å². The van der Waals surface area contributed by atoms with Crippen molar-refractivity contribution in [2.75, 3.05) is 85.9 Å². The molecule has 147 heavy (non-hydrogen) atoms. The maximum atomic E-state index is 11.8. The lowest BCUT2D eigenvalue weighted by Crippen LogP contribution is -2.27. The number of hydrogen-bond donors (Lipinski definition) is 2. The summed E-state index contributed by atoms with van der Waals surface area (Å²) in [6, 6.07) is 20.7. The van der Waals surface area contributed by atoms with Crippen LogP contribution in [0.2, 0.25) is 0 Å². The molecule has 0 aliphatic heterocycles. The molecule has 0 aromatic carbocycles. The molecule has 0 saturated carbocycles. The Morgan fingerprint density at radius 3 is 0.565 bits per heavy atom. The minimum absolute atomic E-state index is 0.0495. The molecule has 0 rings (SSSR count). The van der Waals surface area contributed by atoms with Gasteiger partial charge in [-0.1, -0.05) is 178 Å². The van der Waals surface area contributed by atoms with Gasteiger partial charge in [-0.25, -0.2) is 0 Å². The van der Waals surface area contributed by atoms with Crippen LogP contribution in [-0.2, 0) is 105 Å². The SMILES string of the molecule is CCC(C)(C)C(=O)OCC#N.CCC(C)(C)C(=O)OCC#N.CCC(C)(C)C(=O)OCC#N.CCC(C)(C)C(=O)OCC#N.CCC(C)(C)C(=O)OCCO.CCC(C)C#N.CCC(C)C#N.CCC(C)C#N.CCC(C)C#N.CCC(C)C(=O)OCC#N.CCC(C)C(=O)OCC#N.CCC(C)C(=O)OCC#N.CCC(C)C(=O)OCCO.CCCCC(CC)COC(=O)C(C)(C)CC.CCCCOC(=O)C(C)(C)CC. The Kier molecular flexibility index (Phi) is 128. The highest BCUT2D eigenvalue weighted by atomic mass is 16.6. The Balaban J connectivity index is -0.0000000983. The molecule has 9 unspecified atom stereocenters. The fraction of sp³-hybridized carbons (Fsp3) is 0.804. The van der Waals surface area contributed by atoms with Gasteiger partial charge >= 0.3 is 65.7 Å². The van der Waals surface area contributed by atoms with E-state index in [1.54, 1.807) is 126 Å². The summed E-state index contributed by atoms with van der Waals surface area (Å²) in [4.78, 5) is 122. The first kappa shape index (κ1) is 169. The minimum atomic E-state index is -0.461. The zero-order valence-electron chi connectivity index (χ0n) is 98.5. The average Bonchev–Trinajstić information content (AvgIpc) is 0.917. The van der Waals surface area contributed by atoms with Crippen LogP contribution in [0.5, 0.6) is 0 Å². The van der Waals surface area contributed by atoms with E-state index in [2.05, 4.69) is 82.9 Å². The van der Waals surface area contributed by atoms with Crippen molar-refractivity contribution < 1.29 is 115 Å². The highest BCUT2D eigenvalue weighted by Gasteiger charge is 2.32. The molecule has 0 spiro atoms. The number of esters is 11. The average molecular weight is 2080 g/mol. The number of aliphatic hydroxyl groups excluding tert-OH is 2. The van der Waals surface area contributed by atoms with Crippen molar-refractivity contribution in [1.82, 2.24) is 0 Å². The van der Waals surface area contributed by atoms with Gasteiger partial charge in [0, 0.05) is 23.7 Å². The molecule has 35 heteroatoms. The molecule has 0 bridgehead atoms. The topological polar surface area (TPSA) is 591 Å². The highest BCUT2D eigenvalue weighted by molar-refractivity contribution is 5.79. The molecule has 2 N–H and O–H groups in total. The van der Waals surface area contributed by atoms with Crippen molar-refractivity contribution >= 4 is 65.7 Å². The zero-order valence-corrected chi connectivity index (χ0v) is 98.5. The van der Waals surface area contributed by atoms with Crippen molar-refractivity contribution in [2.45, 2.75) is 412 Å². The fourth-order valence-electron chi connectivity index (χ4n) is 6.37. The lowest BCUT2D eigenvalue weighted by atomic mass is 9.90. The van der Waals surface area contributed by atoms with Crippen molar-refractivity contribution in [3.63, 3.8) is 0 Å². The maximum absolute atomic E-state index is 11.8. The number of nitrogens with zero attached hydrogens (tertiary/aromatic N) is 11. The van der Waals surface area contributed by atoms with E-state index in [-0.39, 0.29) is 197 Å². The maximum Gasteiger partial charge on any atom is 0.312 e. The van der Waals surface area contributed by atoms with Gasteiger partial charge in [0.05, 0.1) is 112 Å². The number of unbranched alkanes of at least 4 members (excludes halogenated alkanes) is 2. The lowest BCUT2D eigenvalue weighted by Gasteiger charge is -2.22. The standard InChI is InChI=1S/C14H28O2.C10H20O2.4C8H13NO2.C8H16O3.3C7H11NO2.C7H14O3.4C5H9N/c1-6-9-10-12(7-2)11-16-13(15)14(4,5)8-3;1-5-7-8-12-9(11)10(3,4)6-2;5*1-4-8(2,3)7(10)11-6-5-9;4*1-3-6(2)7(9)10-5-4-8;4*1-3-5(2)4-6/h12H,6-11H2,1-5H3;5-8H2,1-4H3;4*4,6H2,1-3H3;9H,4-6H2,1-3H3;3*6H,3,5H2,1-2H3;6,8H,3-5H2,1-2H3;4*5H,3H2,1-2H3. The summed E-state index contributed by atoms with van der Waals surface area (Å²) >= 11 is 0. The molecule has 0 heterocycles. The molecule has 0 aliphatic carbocycles. The molecule has 0 aromatic heterocycles. The third-order valence-electron chi connectivity index (χ3n) is 22.7. The first-order valence-electron chi connectivity index (χ1n) is 51.6. The number of rotatable bonds is 46. The number of carbonyl (C=O) groups is 11. The second-order valence-corrected chi connectivity index (χ2v) is 38.1. The van der Waals surface area contributed by atoms with E-state index in [4.69, 9.17) is 82.3 Å². The van der Waals surface area contributed by atoms with Crippen LogP contribution in [-0.4, -0.2) is 162 Å². The molecular weight excluding hydrogens is 1880 g/mol. The summed E-state index contributed by atoms with van der Waals surface area (Å²) in [7, 11) is 0. The Bertz CT molecular complexity index is 3550. The van der Waals surface area contributed by atoms with Gasteiger partial charge in [0.15, 0.2) is 46.2 Å². The predicted molar refractivity (Wildman–Crippen MR) is 569 cm³/mol. The molecule has 0 saturated heterocycles. The molecule has 0 amide bonds. The van der Waals surface area contributed by atoms with Gasteiger partial charge < -0.3 is 62.3 Å². The van der Waals surface area contributed by atoms with Crippen molar-refractivity contribution in [3.05, 3.63) is 0 Å². The second-order valence-electron chi connectivity index (χ2n) is 38.1. The number of carbonyl (C=O) groups excluding carboxylic acids is 11. The molecular formula is C112H199N11O24. The first-order chi connectivity index (χ1) is 68.3. The first-order valence-corrected chi connectivity index (χ1v) is 51.6.